The Morgan fingerprint density at radius 1 is 1.16 bits per heavy atom. The third-order valence-electron chi connectivity index (χ3n) is 4.74. The summed E-state index contributed by atoms with van der Waals surface area (Å²) in [6.45, 7) is 3.13. The van der Waals surface area contributed by atoms with Crippen molar-refractivity contribution < 1.29 is 14.3 Å². The highest BCUT2D eigenvalue weighted by molar-refractivity contribution is 5.98. The number of methoxy groups -OCH3 is 1. The molecule has 1 saturated heterocycles. The van der Waals surface area contributed by atoms with Gasteiger partial charge in [0, 0.05) is 37.0 Å². The number of aromatic nitrogens is 1. The van der Waals surface area contributed by atoms with Crippen LogP contribution in [-0.2, 0) is 0 Å². The van der Waals surface area contributed by atoms with Crippen LogP contribution in [0, 0.1) is 12.8 Å². The zero-order valence-corrected chi connectivity index (χ0v) is 14.6. The zero-order valence-electron chi connectivity index (χ0n) is 14.6. The number of piperidine rings is 1. The second-order valence-electron chi connectivity index (χ2n) is 6.36. The van der Waals surface area contributed by atoms with E-state index in [9.17, 15) is 9.59 Å². The molecular weight excluding hydrogens is 316 g/mol. The highest BCUT2D eigenvalue weighted by Gasteiger charge is 2.28. The van der Waals surface area contributed by atoms with E-state index >= 15 is 0 Å². The first-order valence-corrected chi connectivity index (χ1v) is 8.48. The maximum Gasteiger partial charge on any atom is 0.255 e. The molecule has 2 heterocycles. The Kier molecular flexibility index (Phi) is 5.12. The van der Waals surface area contributed by atoms with Gasteiger partial charge in [-0.15, -0.1) is 0 Å². The van der Waals surface area contributed by atoms with Gasteiger partial charge in [-0.3, -0.25) is 14.6 Å². The maximum atomic E-state index is 12.7. The molecule has 1 aromatic heterocycles. The molecule has 2 aromatic rings. The van der Waals surface area contributed by atoms with E-state index in [-0.39, 0.29) is 17.6 Å². The minimum atomic E-state index is -0.0363. The molecule has 0 N–H and O–H groups in total. The van der Waals surface area contributed by atoms with Crippen LogP contribution in [0.2, 0.25) is 0 Å². The van der Waals surface area contributed by atoms with Gasteiger partial charge in [0.15, 0.2) is 5.78 Å². The molecule has 5 nitrogen and oxygen atoms in total. The molecule has 0 aliphatic carbocycles. The standard InChI is InChI=1S/C20H22N2O3/c1-14-12-16(5-6-18(14)25-2)19(23)15-7-10-22(11-8-15)20(24)17-4-3-9-21-13-17/h3-6,9,12-13,15H,7-8,10-11H2,1-2H3. The Morgan fingerprint density at radius 3 is 2.52 bits per heavy atom. The number of pyridine rings is 1. The fourth-order valence-corrected chi connectivity index (χ4v) is 3.28. The summed E-state index contributed by atoms with van der Waals surface area (Å²) in [7, 11) is 1.62. The smallest absolute Gasteiger partial charge is 0.255 e. The molecule has 0 unspecified atom stereocenters. The lowest BCUT2D eigenvalue weighted by molar-refractivity contribution is 0.0650. The molecule has 1 fully saturated rings. The van der Waals surface area contributed by atoms with Crippen molar-refractivity contribution >= 4 is 11.7 Å². The highest BCUT2D eigenvalue weighted by Crippen LogP contribution is 2.25. The van der Waals surface area contributed by atoms with Crippen LogP contribution in [0.4, 0.5) is 0 Å². The second-order valence-corrected chi connectivity index (χ2v) is 6.36. The highest BCUT2D eigenvalue weighted by atomic mass is 16.5. The van der Waals surface area contributed by atoms with E-state index in [4.69, 9.17) is 4.74 Å². The van der Waals surface area contributed by atoms with Crippen molar-refractivity contribution in [2.45, 2.75) is 19.8 Å². The van der Waals surface area contributed by atoms with Crippen molar-refractivity contribution in [3.8, 4) is 5.75 Å². The van der Waals surface area contributed by atoms with Gasteiger partial charge in [-0.25, -0.2) is 0 Å². The number of likely N-dealkylation sites (tertiary alicyclic amines) is 1. The molecule has 130 valence electrons. The van der Waals surface area contributed by atoms with Gasteiger partial charge < -0.3 is 9.64 Å². The van der Waals surface area contributed by atoms with E-state index in [0.29, 0.717) is 31.5 Å². The molecule has 1 aliphatic heterocycles. The van der Waals surface area contributed by atoms with Crippen LogP contribution in [0.25, 0.3) is 0 Å². The lowest BCUT2D eigenvalue weighted by Gasteiger charge is -2.31. The van der Waals surface area contributed by atoms with Gasteiger partial charge in [0.05, 0.1) is 12.7 Å². The maximum absolute atomic E-state index is 12.7. The van der Waals surface area contributed by atoms with Crippen LogP contribution in [0.3, 0.4) is 0 Å². The van der Waals surface area contributed by atoms with E-state index in [1.807, 2.05) is 25.1 Å². The Morgan fingerprint density at radius 2 is 1.92 bits per heavy atom. The largest absolute Gasteiger partial charge is 0.496 e. The summed E-state index contributed by atoms with van der Waals surface area (Å²) in [6.07, 6.45) is 4.62. The summed E-state index contributed by atoms with van der Waals surface area (Å²) in [4.78, 5) is 31.0. The normalized spacial score (nSPS) is 15.0. The summed E-state index contributed by atoms with van der Waals surface area (Å²) in [6, 6.07) is 9.07. The first kappa shape index (κ1) is 17.1. The molecule has 1 amide bonds. The fraction of sp³-hybridized carbons (Fsp3) is 0.350. The Balaban J connectivity index is 1.63. The summed E-state index contributed by atoms with van der Waals surface area (Å²) >= 11 is 0. The number of nitrogens with zero attached hydrogens (tertiary/aromatic N) is 2. The number of carbonyl (C=O) groups excluding carboxylic acids is 2. The topological polar surface area (TPSA) is 59.5 Å². The van der Waals surface area contributed by atoms with E-state index < -0.39 is 0 Å². The van der Waals surface area contributed by atoms with Gasteiger partial charge in [0.1, 0.15) is 5.75 Å². The average molecular weight is 338 g/mol. The summed E-state index contributed by atoms with van der Waals surface area (Å²) < 4.78 is 5.25. The summed E-state index contributed by atoms with van der Waals surface area (Å²) in [5, 5.41) is 0. The van der Waals surface area contributed by atoms with Crippen LogP contribution >= 0.6 is 0 Å². The van der Waals surface area contributed by atoms with Gasteiger partial charge in [-0.1, -0.05) is 0 Å². The lowest BCUT2D eigenvalue weighted by Crippen LogP contribution is -2.40. The number of aryl methyl sites for hydroxylation is 1. The Labute approximate surface area is 147 Å². The quantitative estimate of drug-likeness (QED) is 0.804. The molecule has 1 aromatic carbocycles. The number of benzene rings is 1. The monoisotopic (exact) mass is 338 g/mol. The molecule has 5 heteroatoms. The van der Waals surface area contributed by atoms with Gasteiger partial charge in [0.2, 0.25) is 0 Å². The van der Waals surface area contributed by atoms with Crippen molar-refractivity contribution in [3.63, 3.8) is 0 Å². The first-order valence-electron chi connectivity index (χ1n) is 8.48. The third kappa shape index (κ3) is 3.71. The molecule has 25 heavy (non-hydrogen) atoms. The third-order valence-corrected chi connectivity index (χ3v) is 4.74. The fourth-order valence-electron chi connectivity index (χ4n) is 3.28. The van der Waals surface area contributed by atoms with Gasteiger partial charge >= 0.3 is 0 Å². The number of carbonyl (C=O) groups is 2. The van der Waals surface area contributed by atoms with Gasteiger partial charge in [-0.05, 0) is 55.7 Å². The number of hydrogen-bond donors (Lipinski definition) is 0. The minimum absolute atomic E-state index is 0.0145. The lowest BCUT2D eigenvalue weighted by atomic mass is 9.88. The second kappa shape index (κ2) is 7.47. The predicted octanol–water partition coefficient (Wildman–Crippen LogP) is 3.13. The van der Waals surface area contributed by atoms with Crippen molar-refractivity contribution in [2.75, 3.05) is 20.2 Å². The van der Waals surface area contributed by atoms with E-state index in [0.717, 1.165) is 16.9 Å². The minimum Gasteiger partial charge on any atom is -0.496 e. The van der Waals surface area contributed by atoms with Crippen LogP contribution in [-0.4, -0.2) is 41.8 Å². The summed E-state index contributed by atoms with van der Waals surface area (Å²) in [5.74, 6) is 0.887. The van der Waals surface area contributed by atoms with Crippen LogP contribution in [0.1, 0.15) is 39.1 Å². The first-order chi connectivity index (χ1) is 12.1. The number of rotatable bonds is 4. The van der Waals surface area contributed by atoms with Crippen molar-refractivity contribution in [1.82, 2.24) is 9.88 Å². The molecular formula is C20H22N2O3. The van der Waals surface area contributed by atoms with Gasteiger partial charge in [-0.2, -0.15) is 0 Å². The number of Topliss-reactive ketones (excluding diaryl/α,β-unsaturated/α-hetero) is 1. The average Bonchev–Trinajstić information content (AvgIpc) is 2.67. The molecule has 0 spiro atoms. The molecule has 3 rings (SSSR count). The van der Waals surface area contributed by atoms with Crippen molar-refractivity contribution in [3.05, 3.63) is 59.4 Å². The SMILES string of the molecule is COc1ccc(C(=O)C2CCN(C(=O)c3cccnc3)CC2)cc1C. The molecule has 1 aliphatic rings. The Hall–Kier alpha value is -2.69. The Bertz CT molecular complexity index is 766. The molecule has 0 radical (unpaired) electrons. The number of ether oxygens (including phenoxy) is 1. The van der Waals surface area contributed by atoms with Crippen LogP contribution < -0.4 is 4.74 Å². The molecule has 0 saturated carbocycles. The van der Waals surface area contributed by atoms with E-state index in [2.05, 4.69) is 4.98 Å². The number of hydrogen-bond acceptors (Lipinski definition) is 4. The molecule has 0 atom stereocenters. The number of amides is 1. The predicted molar refractivity (Wildman–Crippen MR) is 94.9 cm³/mol. The zero-order chi connectivity index (χ0) is 17.8. The van der Waals surface area contributed by atoms with Crippen molar-refractivity contribution in [1.29, 1.82) is 0 Å². The van der Waals surface area contributed by atoms with E-state index in [1.54, 1.807) is 36.5 Å². The van der Waals surface area contributed by atoms with Crippen LogP contribution in [0.15, 0.2) is 42.7 Å². The summed E-state index contributed by atoms with van der Waals surface area (Å²) in [5.41, 5.74) is 2.27. The van der Waals surface area contributed by atoms with Crippen molar-refractivity contribution in [2.24, 2.45) is 5.92 Å². The molecule has 0 bridgehead atoms. The van der Waals surface area contributed by atoms with Gasteiger partial charge in [0.25, 0.3) is 5.91 Å². The van der Waals surface area contributed by atoms with E-state index in [1.165, 1.54) is 0 Å². The number of ketones is 1. The van der Waals surface area contributed by atoms with Crippen LogP contribution in [0.5, 0.6) is 5.75 Å².